The van der Waals surface area contributed by atoms with E-state index >= 15 is 0 Å². The van der Waals surface area contributed by atoms with E-state index in [0.717, 1.165) is 23.3 Å². The zero-order chi connectivity index (χ0) is 17.2. The number of nitrogens with zero attached hydrogens (tertiary/aromatic N) is 2. The molecule has 2 N–H and O–H groups in total. The van der Waals surface area contributed by atoms with Gasteiger partial charge in [0, 0.05) is 10.4 Å². The SMILES string of the molecule is O=C(Nc1cnc(-c2cccc(O)c2)nc1)c1cc2c(s1)CCCC2. The molecule has 0 aliphatic heterocycles. The molecular formula is C19H17N3O2S. The van der Waals surface area contributed by atoms with Crippen LogP contribution in [-0.4, -0.2) is 21.0 Å². The zero-order valence-electron chi connectivity index (χ0n) is 13.5. The predicted molar refractivity (Wildman–Crippen MR) is 98.0 cm³/mol. The summed E-state index contributed by atoms with van der Waals surface area (Å²) < 4.78 is 0. The lowest BCUT2D eigenvalue weighted by Crippen LogP contribution is -2.10. The molecule has 3 aromatic rings. The third kappa shape index (κ3) is 3.39. The van der Waals surface area contributed by atoms with E-state index < -0.39 is 0 Å². The lowest BCUT2D eigenvalue weighted by Gasteiger charge is -2.08. The topological polar surface area (TPSA) is 75.1 Å². The van der Waals surface area contributed by atoms with Crippen molar-refractivity contribution >= 4 is 22.9 Å². The number of benzene rings is 1. The molecule has 126 valence electrons. The highest BCUT2D eigenvalue weighted by molar-refractivity contribution is 7.14. The summed E-state index contributed by atoms with van der Waals surface area (Å²) in [4.78, 5) is 23.1. The fourth-order valence-electron chi connectivity index (χ4n) is 2.98. The first-order chi connectivity index (χ1) is 12.2. The Morgan fingerprint density at radius 1 is 1.12 bits per heavy atom. The summed E-state index contributed by atoms with van der Waals surface area (Å²) in [7, 11) is 0. The maximum atomic E-state index is 12.4. The predicted octanol–water partition coefficient (Wildman–Crippen LogP) is 4.04. The van der Waals surface area contributed by atoms with Gasteiger partial charge in [0.15, 0.2) is 5.82 Å². The van der Waals surface area contributed by atoms with Crippen LogP contribution in [0.1, 0.15) is 33.0 Å². The maximum absolute atomic E-state index is 12.4. The van der Waals surface area contributed by atoms with Crippen molar-refractivity contribution in [3.63, 3.8) is 0 Å². The minimum absolute atomic E-state index is 0.117. The van der Waals surface area contributed by atoms with Crippen LogP contribution in [0.4, 0.5) is 5.69 Å². The number of phenols is 1. The quantitative estimate of drug-likeness (QED) is 0.747. The van der Waals surface area contributed by atoms with E-state index in [4.69, 9.17) is 0 Å². The van der Waals surface area contributed by atoms with Gasteiger partial charge in [0.25, 0.3) is 5.91 Å². The summed E-state index contributed by atoms with van der Waals surface area (Å²) >= 11 is 1.58. The number of fused-ring (bicyclic) bond motifs is 1. The molecule has 0 radical (unpaired) electrons. The Balaban J connectivity index is 1.49. The number of thiophene rings is 1. The summed E-state index contributed by atoms with van der Waals surface area (Å²) in [6, 6.07) is 8.77. The molecule has 5 nitrogen and oxygen atoms in total. The number of phenolic OH excluding ortho intramolecular Hbond substituents is 1. The highest BCUT2D eigenvalue weighted by Gasteiger charge is 2.17. The Hall–Kier alpha value is -2.73. The van der Waals surface area contributed by atoms with Gasteiger partial charge < -0.3 is 10.4 Å². The highest BCUT2D eigenvalue weighted by Crippen LogP contribution is 2.30. The van der Waals surface area contributed by atoms with Gasteiger partial charge in [-0.3, -0.25) is 4.79 Å². The highest BCUT2D eigenvalue weighted by atomic mass is 32.1. The number of aromatic hydroxyl groups is 1. The molecule has 1 amide bonds. The fourth-order valence-corrected chi connectivity index (χ4v) is 4.13. The smallest absolute Gasteiger partial charge is 0.265 e. The summed E-state index contributed by atoms with van der Waals surface area (Å²) in [6.07, 6.45) is 7.72. The van der Waals surface area contributed by atoms with Gasteiger partial charge in [-0.1, -0.05) is 12.1 Å². The Morgan fingerprint density at radius 3 is 2.68 bits per heavy atom. The van der Waals surface area contributed by atoms with Gasteiger partial charge in [-0.15, -0.1) is 11.3 Å². The van der Waals surface area contributed by atoms with Gasteiger partial charge in [-0.25, -0.2) is 9.97 Å². The van der Waals surface area contributed by atoms with Crippen molar-refractivity contribution in [2.45, 2.75) is 25.7 Å². The summed E-state index contributed by atoms with van der Waals surface area (Å²) in [5.41, 5.74) is 2.60. The van der Waals surface area contributed by atoms with Crippen LogP contribution < -0.4 is 5.32 Å². The third-order valence-electron chi connectivity index (χ3n) is 4.23. The molecule has 0 unspecified atom stereocenters. The second-order valence-electron chi connectivity index (χ2n) is 6.07. The summed E-state index contributed by atoms with van der Waals surface area (Å²) in [5, 5.41) is 12.4. The molecular weight excluding hydrogens is 334 g/mol. The molecule has 1 aliphatic rings. The minimum atomic E-state index is -0.117. The number of hydrogen-bond donors (Lipinski definition) is 2. The van der Waals surface area contributed by atoms with Crippen molar-refractivity contribution in [2.75, 3.05) is 5.32 Å². The number of hydrogen-bond acceptors (Lipinski definition) is 5. The summed E-state index contributed by atoms with van der Waals surface area (Å²) in [6.45, 7) is 0. The van der Waals surface area contributed by atoms with E-state index in [1.54, 1.807) is 41.9 Å². The number of amides is 1. The molecule has 2 aromatic heterocycles. The number of anilines is 1. The van der Waals surface area contributed by atoms with Crippen LogP contribution in [0, 0.1) is 0 Å². The van der Waals surface area contributed by atoms with E-state index in [-0.39, 0.29) is 11.7 Å². The zero-order valence-corrected chi connectivity index (χ0v) is 14.3. The first-order valence-corrected chi connectivity index (χ1v) is 9.05. The Bertz CT molecular complexity index is 895. The van der Waals surface area contributed by atoms with Crippen LogP contribution in [0.15, 0.2) is 42.7 Å². The van der Waals surface area contributed by atoms with Gasteiger partial charge in [0.05, 0.1) is 23.0 Å². The first-order valence-electron chi connectivity index (χ1n) is 8.23. The molecule has 0 atom stereocenters. The number of carbonyl (C=O) groups excluding carboxylic acids is 1. The molecule has 0 bridgehead atoms. The lowest BCUT2D eigenvalue weighted by molar-refractivity contribution is 0.103. The number of aromatic nitrogens is 2. The van der Waals surface area contributed by atoms with Crippen molar-refractivity contribution < 1.29 is 9.90 Å². The monoisotopic (exact) mass is 351 g/mol. The minimum Gasteiger partial charge on any atom is -0.508 e. The van der Waals surface area contributed by atoms with Crippen LogP contribution in [0.5, 0.6) is 5.75 Å². The van der Waals surface area contributed by atoms with E-state index in [2.05, 4.69) is 15.3 Å². The molecule has 2 heterocycles. The maximum Gasteiger partial charge on any atom is 0.265 e. The van der Waals surface area contributed by atoms with Crippen LogP contribution in [0.3, 0.4) is 0 Å². The molecule has 1 aliphatic carbocycles. The number of aryl methyl sites for hydroxylation is 2. The largest absolute Gasteiger partial charge is 0.508 e. The normalized spacial score (nSPS) is 13.3. The summed E-state index contributed by atoms with van der Waals surface area (Å²) in [5.74, 6) is 0.550. The van der Waals surface area contributed by atoms with Crippen molar-refractivity contribution in [3.05, 3.63) is 58.0 Å². The van der Waals surface area contributed by atoms with Crippen LogP contribution in [0.2, 0.25) is 0 Å². The van der Waals surface area contributed by atoms with Crippen LogP contribution in [0.25, 0.3) is 11.4 Å². The molecule has 0 fully saturated rings. The second kappa shape index (κ2) is 6.64. The van der Waals surface area contributed by atoms with Gasteiger partial charge in [-0.05, 0) is 49.4 Å². The van der Waals surface area contributed by atoms with Crippen molar-refractivity contribution in [3.8, 4) is 17.1 Å². The van der Waals surface area contributed by atoms with Crippen molar-refractivity contribution in [1.82, 2.24) is 9.97 Å². The molecule has 25 heavy (non-hydrogen) atoms. The fraction of sp³-hybridized carbons (Fsp3) is 0.211. The molecule has 0 spiro atoms. The first kappa shape index (κ1) is 15.8. The van der Waals surface area contributed by atoms with Crippen molar-refractivity contribution in [2.24, 2.45) is 0 Å². The Morgan fingerprint density at radius 2 is 1.92 bits per heavy atom. The van der Waals surface area contributed by atoms with Gasteiger partial charge in [0.2, 0.25) is 0 Å². The second-order valence-corrected chi connectivity index (χ2v) is 7.20. The van der Waals surface area contributed by atoms with Gasteiger partial charge >= 0.3 is 0 Å². The third-order valence-corrected chi connectivity index (χ3v) is 5.47. The standard InChI is InChI=1S/C19H17N3O2S/c23-15-6-3-5-13(8-15)18-20-10-14(11-21-18)22-19(24)17-9-12-4-1-2-7-16(12)25-17/h3,5-6,8-11,23H,1-2,4,7H2,(H,22,24). The number of nitrogens with one attached hydrogen (secondary N) is 1. The van der Waals surface area contributed by atoms with E-state index in [9.17, 15) is 9.90 Å². The molecule has 4 rings (SSSR count). The number of carbonyl (C=O) groups is 1. The van der Waals surface area contributed by atoms with E-state index in [1.165, 1.54) is 23.3 Å². The van der Waals surface area contributed by atoms with Crippen molar-refractivity contribution in [1.29, 1.82) is 0 Å². The van der Waals surface area contributed by atoms with Gasteiger partial charge in [0.1, 0.15) is 5.75 Å². The van der Waals surface area contributed by atoms with Crippen LogP contribution >= 0.6 is 11.3 Å². The Kier molecular flexibility index (Phi) is 4.19. The average molecular weight is 351 g/mol. The average Bonchev–Trinajstić information content (AvgIpc) is 3.07. The molecule has 0 saturated carbocycles. The van der Waals surface area contributed by atoms with E-state index in [1.807, 2.05) is 12.1 Å². The van der Waals surface area contributed by atoms with Crippen LogP contribution in [-0.2, 0) is 12.8 Å². The number of rotatable bonds is 3. The molecule has 0 saturated heterocycles. The van der Waals surface area contributed by atoms with E-state index in [0.29, 0.717) is 11.5 Å². The van der Waals surface area contributed by atoms with Gasteiger partial charge in [-0.2, -0.15) is 0 Å². The Labute approximate surface area is 149 Å². The molecule has 1 aromatic carbocycles. The molecule has 6 heteroatoms. The lowest BCUT2D eigenvalue weighted by atomic mass is 9.99.